The van der Waals surface area contributed by atoms with Gasteiger partial charge in [0.1, 0.15) is 5.82 Å². The highest BCUT2D eigenvalue weighted by molar-refractivity contribution is 14.1. The van der Waals surface area contributed by atoms with Crippen LogP contribution in [0.1, 0.15) is 16.1 Å². The Morgan fingerprint density at radius 2 is 2.11 bits per heavy atom. The van der Waals surface area contributed by atoms with E-state index in [9.17, 15) is 9.18 Å². The first-order valence-corrected chi connectivity index (χ1v) is 6.61. The fraction of sp³-hybridized carbons (Fsp3) is 0.143. The molecule has 0 aliphatic carbocycles. The van der Waals surface area contributed by atoms with Gasteiger partial charge in [-0.15, -0.1) is 0 Å². The third-order valence-corrected chi connectivity index (χ3v) is 3.48. The first-order chi connectivity index (χ1) is 9.02. The van der Waals surface area contributed by atoms with Crippen LogP contribution >= 0.6 is 22.6 Å². The van der Waals surface area contributed by atoms with Gasteiger partial charge in [-0.3, -0.25) is 0 Å². The lowest BCUT2D eigenvalue weighted by Crippen LogP contribution is -2.06. The molecule has 2 aromatic rings. The number of ether oxygens (including phenoxy) is 1. The number of halogens is 2. The molecule has 0 radical (unpaired) electrons. The molecule has 0 saturated heterocycles. The van der Waals surface area contributed by atoms with Gasteiger partial charge in [-0.2, -0.15) is 0 Å². The molecule has 0 atom stereocenters. The number of pyridine rings is 1. The fourth-order valence-corrected chi connectivity index (χ4v) is 2.38. The largest absolute Gasteiger partial charge is 0.464 e. The van der Waals surface area contributed by atoms with Crippen LogP contribution in [-0.4, -0.2) is 18.1 Å². The minimum Gasteiger partial charge on any atom is -0.464 e. The molecule has 0 spiro atoms. The van der Waals surface area contributed by atoms with Crippen molar-refractivity contribution in [2.45, 2.75) is 6.92 Å². The predicted octanol–water partition coefficient (Wildman–Crippen LogP) is 3.59. The summed E-state index contributed by atoms with van der Waals surface area (Å²) in [5.74, 6) is -0.802. The Bertz CT molecular complexity index is 643. The summed E-state index contributed by atoms with van der Waals surface area (Å²) in [4.78, 5) is 15.5. The number of nitrogens with zero attached hydrogens (tertiary/aromatic N) is 1. The van der Waals surface area contributed by atoms with Crippen molar-refractivity contribution in [3.05, 3.63) is 51.1 Å². The zero-order valence-electron chi connectivity index (χ0n) is 10.4. The summed E-state index contributed by atoms with van der Waals surface area (Å²) in [6.07, 6.45) is 1.47. The van der Waals surface area contributed by atoms with Gasteiger partial charge in [0.2, 0.25) is 0 Å². The molecular formula is C14H11FINO2. The molecule has 5 heteroatoms. The summed E-state index contributed by atoms with van der Waals surface area (Å²) < 4.78 is 19.1. The smallest absolute Gasteiger partial charge is 0.357 e. The number of methoxy groups -OCH3 is 1. The maximum Gasteiger partial charge on any atom is 0.357 e. The van der Waals surface area contributed by atoms with Crippen LogP contribution in [-0.2, 0) is 4.74 Å². The van der Waals surface area contributed by atoms with Crippen molar-refractivity contribution < 1.29 is 13.9 Å². The van der Waals surface area contributed by atoms with Crippen LogP contribution < -0.4 is 0 Å². The second kappa shape index (κ2) is 5.64. The van der Waals surface area contributed by atoms with E-state index in [-0.39, 0.29) is 11.5 Å². The molecule has 1 aromatic carbocycles. The summed E-state index contributed by atoms with van der Waals surface area (Å²) >= 11 is 1.98. The number of aromatic nitrogens is 1. The van der Waals surface area contributed by atoms with Gasteiger partial charge in [0.15, 0.2) is 5.69 Å². The average molecular weight is 371 g/mol. The van der Waals surface area contributed by atoms with Gasteiger partial charge in [0.25, 0.3) is 0 Å². The molecule has 0 fully saturated rings. The number of carbonyl (C=O) groups is 1. The number of hydrogen-bond acceptors (Lipinski definition) is 3. The standard InChI is InChI=1S/C14H11FINO2/c1-8-3-4-10(11(15)5-8)9-6-12(16)13(17-7-9)14(18)19-2/h3-7H,1-2H3. The molecule has 19 heavy (non-hydrogen) atoms. The second-order valence-electron chi connectivity index (χ2n) is 4.03. The molecule has 1 aromatic heterocycles. The molecule has 0 unspecified atom stereocenters. The summed E-state index contributed by atoms with van der Waals surface area (Å²) in [7, 11) is 1.30. The molecule has 3 nitrogen and oxygen atoms in total. The van der Waals surface area contributed by atoms with Crippen molar-refractivity contribution >= 4 is 28.6 Å². The Balaban J connectivity index is 2.47. The number of hydrogen-bond donors (Lipinski definition) is 0. The molecule has 0 saturated carbocycles. The zero-order valence-corrected chi connectivity index (χ0v) is 12.6. The van der Waals surface area contributed by atoms with E-state index >= 15 is 0 Å². The second-order valence-corrected chi connectivity index (χ2v) is 5.19. The Hall–Kier alpha value is -1.50. The monoisotopic (exact) mass is 371 g/mol. The van der Waals surface area contributed by atoms with Crippen LogP contribution in [0.4, 0.5) is 4.39 Å². The van der Waals surface area contributed by atoms with Gasteiger partial charge in [-0.1, -0.05) is 12.1 Å². The molecule has 1 heterocycles. The Kier molecular flexibility index (Phi) is 4.14. The van der Waals surface area contributed by atoms with E-state index in [1.807, 2.05) is 35.6 Å². The van der Waals surface area contributed by atoms with Gasteiger partial charge in [0.05, 0.1) is 7.11 Å². The maximum absolute atomic E-state index is 13.9. The van der Waals surface area contributed by atoms with Gasteiger partial charge < -0.3 is 4.74 Å². The van der Waals surface area contributed by atoms with Crippen molar-refractivity contribution in [1.29, 1.82) is 0 Å². The van der Waals surface area contributed by atoms with Crippen molar-refractivity contribution in [2.75, 3.05) is 7.11 Å². The maximum atomic E-state index is 13.9. The Labute approximate surface area is 124 Å². The first kappa shape index (κ1) is 13.9. The van der Waals surface area contributed by atoms with Crippen molar-refractivity contribution in [1.82, 2.24) is 4.98 Å². The number of carbonyl (C=O) groups excluding carboxylic acids is 1. The number of benzene rings is 1. The van der Waals surface area contributed by atoms with E-state index in [4.69, 9.17) is 0 Å². The van der Waals surface area contributed by atoms with E-state index in [1.165, 1.54) is 19.4 Å². The van der Waals surface area contributed by atoms with Crippen LogP contribution in [0.5, 0.6) is 0 Å². The molecule has 2 rings (SSSR count). The van der Waals surface area contributed by atoms with E-state index in [0.717, 1.165) is 5.56 Å². The van der Waals surface area contributed by atoms with E-state index in [0.29, 0.717) is 14.7 Å². The van der Waals surface area contributed by atoms with Crippen LogP contribution in [0.3, 0.4) is 0 Å². The van der Waals surface area contributed by atoms with Gasteiger partial charge in [-0.25, -0.2) is 14.2 Å². The van der Waals surface area contributed by atoms with Crippen molar-refractivity contribution in [2.24, 2.45) is 0 Å². The van der Waals surface area contributed by atoms with Gasteiger partial charge in [0, 0.05) is 20.9 Å². The molecule has 98 valence electrons. The lowest BCUT2D eigenvalue weighted by atomic mass is 10.0. The number of aryl methyl sites for hydroxylation is 1. The summed E-state index contributed by atoms with van der Waals surface area (Å²) in [5.41, 5.74) is 2.19. The van der Waals surface area contributed by atoms with Crippen molar-refractivity contribution in [3.8, 4) is 11.1 Å². The molecule has 0 aliphatic heterocycles. The van der Waals surface area contributed by atoms with E-state index < -0.39 is 5.97 Å². The predicted molar refractivity (Wildman–Crippen MR) is 78.4 cm³/mol. The molecule has 0 N–H and O–H groups in total. The lowest BCUT2D eigenvalue weighted by molar-refractivity contribution is 0.0593. The Morgan fingerprint density at radius 3 is 2.68 bits per heavy atom. The van der Waals surface area contributed by atoms with Gasteiger partial charge >= 0.3 is 5.97 Å². The van der Waals surface area contributed by atoms with E-state index in [2.05, 4.69) is 9.72 Å². The highest BCUT2D eigenvalue weighted by atomic mass is 127. The first-order valence-electron chi connectivity index (χ1n) is 5.53. The molecular weight excluding hydrogens is 360 g/mol. The summed E-state index contributed by atoms with van der Waals surface area (Å²) in [6.45, 7) is 1.83. The normalized spacial score (nSPS) is 10.3. The van der Waals surface area contributed by atoms with Crippen LogP contribution in [0.15, 0.2) is 30.5 Å². The topological polar surface area (TPSA) is 39.2 Å². The molecule has 0 aliphatic rings. The number of rotatable bonds is 2. The lowest BCUT2D eigenvalue weighted by Gasteiger charge is -2.07. The minimum absolute atomic E-state index is 0.236. The van der Waals surface area contributed by atoms with Crippen LogP contribution in [0.2, 0.25) is 0 Å². The van der Waals surface area contributed by atoms with Gasteiger partial charge in [-0.05, 0) is 47.2 Å². The average Bonchev–Trinajstić information content (AvgIpc) is 2.37. The zero-order chi connectivity index (χ0) is 14.0. The minimum atomic E-state index is -0.500. The van der Waals surface area contributed by atoms with Crippen LogP contribution in [0.25, 0.3) is 11.1 Å². The van der Waals surface area contributed by atoms with Crippen LogP contribution in [0, 0.1) is 16.3 Å². The highest BCUT2D eigenvalue weighted by Crippen LogP contribution is 2.25. The van der Waals surface area contributed by atoms with Crippen molar-refractivity contribution in [3.63, 3.8) is 0 Å². The fourth-order valence-electron chi connectivity index (χ4n) is 1.69. The highest BCUT2D eigenvalue weighted by Gasteiger charge is 2.14. The Morgan fingerprint density at radius 1 is 1.37 bits per heavy atom. The SMILES string of the molecule is COC(=O)c1ncc(-c2ccc(C)cc2F)cc1I. The summed E-state index contributed by atoms with van der Waals surface area (Å²) in [6, 6.07) is 6.72. The molecule has 0 bridgehead atoms. The summed E-state index contributed by atoms with van der Waals surface area (Å²) in [5, 5.41) is 0. The number of esters is 1. The third-order valence-electron chi connectivity index (χ3n) is 2.66. The van der Waals surface area contributed by atoms with E-state index in [1.54, 1.807) is 12.1 Å². The third kappa shape index (κ3) is 2.91. The quantitative estimate of drug-likeness (QED) is 0.599. The molecule has 0 amide bonds.